The van der Waals surface area contributed by atoms with E-state index >= 15 is 0 Å². The zero-order chi connectivity index (χ0) is 23.1. The van der Waals surface area contributed by atoms with Crippen LogP contribution in [0.15, 0.2) is 6.07 Å². The Balaban J connectivity index is 2.31. The van der Waals surface area contributed by atoms with E-state index in [4.69, 9.17) is 29.6 Å². The number of halogens is 2. The van der Waals surface area contributed by atoms with E-state index in [1.165, 1.54) is 0 Å². The van der Waals surface area contributed by atoms with Crippen LogP contribution in [0.1, 0.15) is 83.3 Å². The van der Waals surface area contributed by atoms with Crippen LogP contribution < -0.4 is 4.90 Å². The van der Waals surface area contributed by atoms with Gasteiger partial charge < -0.3 is 10.0 Å². The minimum Gasteiger partial charge on any atom is -0.481 e. The van der Waals surface area contributed by atoms with E-state index in [2.05, 4.69) is 12.8 Å². The Hall–Kier alpha value is -1.70. The topological polar surface area (TPSA) is 57.6 Å². The van der Waals surface area contributed by atoms with Gasteiger partial charge in [0.1, 0.15) is 0 Å². The number of carboxylic acids is 1. The van der Waals surface area contributed by atoms with Crippen LogP contribution in [0, 0.1) is 23.7 Å². The first-order valence-electron chi connectivity index (χ1n) is 11.0. The predicted octanol–water partition coefficient (Wildman–Crippen LogP) is 6.42. The van der Waals surface area contributed by atoms with Gasteiger partial charge in [0.25, 0.3) is 0 Å². The second kappa shape index (κ2) is 8.68. The Morgan fingerprint density at radius 3 is 2.61 bits per heavy atom. The lowest BCUT2D eigenvalue weighted by Gasteiger charge is -2.49. The highest BCUT2D eigenvalue weighted by Gasteiger charge is 2.57. The molecule has 31 heavy (non-hydrogen) atoms. The number of nitrogens with zero attached hydrogens (tertiary/aromatic N) is 1. The number of rotatable bonds is 5. The van der Waals surface area contributed by atoms with E-state index in [1.807, 2.05) is 19.9 Å². The fraction of sp³-hybridized carbons (Fsp3) is 0.600. The number of aliphatic carboxylic acids is 1. The number of carboxylic acid groups (broad SMARTS) is 1. The zero-order valence-corrected chi connectivity index (χ0v) is 20.2. The van der Waals surface area contributed by atoms with E-state index in [-0.39, 0.29) is 24.2 Å². The molecule has 2 aliphatic rings. The summed E-state index contributed by atoms with van der Waals surface area (Å²) in [5.41, 5.74) is 0.868. The van der Waals surface area contributed by atoms with Crippen molar-refractivity contribution < 1.29 is 14.7 Å². The molecule has 0 radical (unpaired) electrons. The highest BCUT2D eigenvalue weighted by Crippen LogP contribution is 2.59. The number of hydrogen-bond donors (Lipinski definition) is 1. The first-order chi connectivity index (χ1) is 14.5. The largest absolute Gasteiger partial charge is 0.481 e. The van der Waals surface area contributed by atoms with Gasteiger partial charge in [0.05, 0.1) is 16.1 Å². The van der Waals surface area contributed by atoms with Gasteiger partial charge in [-0.1, -0.05) is 50.4 Å². The van der Waals surface area contributed by atoms with Crippen LogP contribution in [-0.2, 0) is 15.0 Å². The predicted molar refractivity (Wildman–Crippen MR) is 126 cm³/mol. The molecular formula is C25H31Cl2NO3. The first kappa shape index (κ1) is 24.0. The highest BCUT2D eigenvalue weighted by atomic mass is 35.5. The molecule has 1 aliphatic carbocycles. The number of terminal acetylenes is 1. The maximum Gasteiger partial charge on any atom is 0.309 e. The average molecular weight is 464 g/mol. The van der Waals surface area contributed by atoms with Gasteiger partial charge in [-0.3, -0.25) is 9.59 Å². The van der Waals surface area contributed by atoms with Crippen LogP contribution in [0.3, 0.4) is 0 Å². The summed E-state index contributed by atoms with van der Waals surface area (Å²) in [6.07, 6.45) is 8.90. The summed E-state index contributed by atoms with van der Waals surface area (Å²) in [7, 11) is 0. The Bertz CT molecular complexity index is 951. The summed E-state index contributed by atoms with van der Waals surface area (Å²) in [6.45, 7) is 8.35. The van der Waals surface area contributed by atoms with Crippen LogP contribution in [-0.4, -0.2) is 23.5 Å². The monoisotopic (exact) mass is 463 g/mol. The SMILES string of the molecule is C#CCCCN1C(=O)C[C@H]2[C@](C)(C(=O)O)CCC[C@]2(C)c2cc(Cl)c(C(C)C)c(Cl)c21. The fourth-order valence-electron chi connectivity index (χ4n) is 5.74. The van der Waals surface area contributed by atoms with Crippen LogP contribution in [0.25, 0.3) is 0 Å². The normalized spacial score (nSPS) is 28.0. The van der Waals surface area contributed by atoms with Crippen LogP contribution >= 0.6 is 23.2 Å². The Morgan fingerprint density at radius 1 is 1.35 bits per heavy atom. The molecule has 1 fully saturated rings. The maximum atomic E-state index is 13.6. The van der Waals surface area contributed by atoms with Crippen LogP contribution in [0.5, 0.6) is 0 Å². The molecule has 0 spiro atoms. The lowest BCUT2D eigenvalue weighted by Crippen LogP contribution is -2.50. The molecule has 168 valence electrons. The molecule has 1 aromatic rings. The van der Waals surface area contributed by atoms with Crippen LogP contribution in [0.4, 0.5) is 5.69 Å². The molecule has 0 saturated heterocycles. The van der Waals surface area contributed by atoms with Gasteiger partial charge >= 0.3 is 5.97 Å². The number of anilines is 1. The van der Waals surface area contributed by atoms with Gasteiger partial charge in [0, 0.05) is 24.4 Å². The van der Waals surface area contributed by atoms with Gasteiger partial charge in [-0.05, 0) is 60.6 Å². The van der Waals surface area contributed by atoms with Gasteiger partial charge in [-0.25, -0.2) is 0 Å². The van der Waals surface area contributed by atoms with Gasteiger partial charge in [-0.2, -0.15) is 0 Å². The number of hydrogen-bond acceptors (Lipinski definition) is 2. The lowest BCUT2D eigenvalue weighted by atomic mass is 9.53. The van der Waals surface area contributed by atoms with Crippen molar-refractivity contribution in [1.29, 1.82) is 0 Å². The number of fused-ring (bicyclic) bond motifs is 3. The summed E-state index contributed by atoms with van der Waals surface area (Å²) in [5, 5.41) is 11.2. The summed E-state index contributed by atoms with van der Waals surface area (Å²) in [5.74, 6) is 1.41. The molecule has 1 saturated carbocycles. The molecule has 1 heterocycles. The Kier molecular flexibility index (Phi) is 6.71. The first-order valence-corrected chi connectivity index (χ1v) is 11.7. The van der Waals surface area contributed by atoms with Crippen molar-refractivity contribution in [2.75, 3.05) is 11.4 Å². The van der Waals surface area contributed by atoms with Gasteiger partial charge in [0.15, 0.2) is 0 Å². The summed E-state index contributed by atoms with van der Waals surface area (Å²) >= 11 is 13.7. The molecule has 1 aromatic carbocycles. The van der Waals surface area contributed by atoms with E-state index in [0.29, 0.717) is 41.5 Å². The van der Waals surface area contributed by atoms with Gasteiger partial charge in [-0.15, -0.1) is 12.3 Å². The van der Waals surface area contributed by atoms with Crippen molar-refractivity contribution in [2.45, 2.75) is 77.6 Å². The molecule has 1 aliphatic heterocycles. The molecule has 0 aromatic heterocycles. The van der Waals surface area contributed by atoms with Crippen molar-refractivity contribution in [2.24, 2.45) is 11.3 Å². The third kappa shape index (κ3) is 3.85. The Morgan fingerprint density at radius 2 is 2.03 bits per heavy atom. The summed E-state index contributed by atoms with van der Waals surface area (Å²) < 4.78 is 0. The standard InChI is InChI=1S/C25H31Cl2NO3/c1-6-7-8-12-28-19(29)14-18-24(4,10-9-11-25(18,5)23(30)31)16-13-17(26)20(15(2)3)21(27)22(16)28/h1,13,15,18H,7-12,14H2,2-5H3,(H,30,31)/t18-,24-,25-/m1/s1. The summed E-state index contributed by atoms with van der Waals surface area (Å²) in [4.78, 5) is 27.7. The fourth-order valence-corrected chi connectivity index (χ4v) is 6.73. The smallest absolute Gasteiger partial charge is 0.309 e. The third-order valence-corrected chi connectivity index (χ3v) is 8.19. The molecule has 0 unspecified atom stereocenters. The van der Waals surface area contributed by atoms with Gasteiger partial charge in [0.2, 0.25) is 5.91 Å². The van der Waals surface area contributed by atoms with E-state index < -0.39 is 16.8 Å². The van der Waals surface area contributed by atoms with Crippen LogP contribution in [0.2, 0.25) is 10.0 Å². The third-order valence-electron chi connectivity index (χ3n) is 7.49. The van der Waals surface area contributed by atoms with Crippen molar-refractivity contribution in [3.63, 3.8) is 0 Å². The molecule has 3 rings (SSSR count). The number of unbranched alkanes of at least 4 members (excludes halogenated alkanes) is 1. The molecule has 3 atom stereocenters. The second-order valence-electron chi connectivity index (χ2n) is 9.74. The van der Waals surface area contributed by atoms with Crippen molar-refractivity contribution in [3.05, 3.63) is 27.2 Å². The maximum absolute atomic E-state index is 13.6. The number of amides is 1. The molecule has 1 N–H and O–H groups in total. The van der Waals surface area contributed by atoms with E-state index in [1.54, 1.807) is 11.8 Å². The molecule has 1 amide bonds. The minimum atomic E-state index is -0.996. The second-order valence-corrected chi connectivity index (χ2v) is 10.5. The molecular weight excluding hydrogens is 433 g/mol. The highest BCUT2D eigenvalue weighted by molar-refractivity contribution is 6.38. The van der Waals surface area contributed by atoms with E-state index in [9.17, 15) is 14.7 Å². The van der Waals surface area contributed by atoms with Crippen molar-refractivity contribution in [3.8, 4) is 12.3 Å². The minimum absolute atomic E-state index is 0.0791. The number of carbonyl (C=O) groups excluding carboxylic acids is 1. The summed E-state index contributed by atoms with van der Waals surface area (Å²) in [6, 6.07) is 1.94. The average Bonchev–Trinajstić information content (AvgIpc) is 2.76. The van der Waals surface area contributed by atoms with E-state index in [0.717, 1.165) is 24.0 Å². The van der Waals surface area contributed by atoms with Crippen molar-refractivity contribution in [1.82, 2.24) is 0 Å². The number of benzene rings is 1. The van der Waals surface area contributed by atoms with Crippen molar-refractivity contribution >= 4 is 40.8 Å². The Labute approximate surface area is 195 Å². The molecule has 0 bridgehead atoms. The number of carbonyl (C=O) groups is 2. The zero-order valence-electron chi connectivity index (χ0n) is 18.7. The lowest BCUT2D eigenvalue weighted by molar-refractivity contribution is -0.157. The molecule has 6 heteroatoms. The molecule has 4 nitrogen and oxygen atoms in total. The quantitative estimate of drug-likeness (QED) is 0.404.